The molecule has 0 unspecified atom stereocenters. The zero-order valence-corrected chi connectivity index (χ0v) is 13.5. The van der Waals surface area contributed by atoms with Crippen molar-refractivity contribution in [2.75, 3.05) is 25.5 Å². The number of ether oxygens (including phenoxy) is 2. The van der Waals surface area contributed by atoms with Crippen molar-refractivity contribution >= 4 is 10.0 Å². The molecule has 1 aromatic heterocycles. The number of rotatable bonds is 6. The summed E-state index contributed by atoms with van der Waals surface area (Å²) in [4.78, 5) is 4.23. The van der Waals surface area contributed by atoms with E-state index in [4.69, 9.17) is 9.47 Å². The summed E-state index contributed by atoms with van der Waals surface area (Å²) in [7, 11) is -3.22. The van der Waals surface area contributed by atoms with Gasteiger partial charge in [0, 0.05) is 18.7 Å². The highest BCUT2D eigenvalue weighted by molar-refractivity contribution is 7.89. The Morgan fingerprint density at radius 2 is 2.27 bits per heavy atom. The van der Waals surface area contributed by atoms with Gasteiger partial charge < -0.3 is 9.47 Å². The molecule has 0 saturated carbocycles. The SMILES string of the molecule is CCCS(=O)(=O)N1C[C@@H](OCc2ccccn2)[C@@H]2COC[C@@H]21. The van der Waals surface area contributed by atoms with Crippen LogP contribution in [0.5, 0.6) is 0 Å². The molecule has 7 heteroatoms. The first-order valence-electron chi connectivity index (χ1n) is 7.70. The molecule has 0 bridgehead atoms. The minimum absolute atomic E-state index is 0.0784. The van der Waals surface area contributed by atoms with Gasteiger partial charge in [0.05, 0.1) is 43.4 Å². The lowest BCUT2D eigenvalue weighted by Gasteiger charge is -2.21. The van der Waals surface area contributed by atoms with E-state index in [0.717, 1.165) is 5.69 Å². The number of sulfonamides is 1. The normalized spacial score (nSPS) is 28.9. The van der Waals surface area contributed by atoms with Crippen molar-refractivity contribution in [3.8, 4) is 0 Å². The summed E-state index contributed by atoms with van der Waals surface area (Å²) < 4.78 is 37.8. The molecule has 6 nitrogen and oxygen atoms in total. The predicted molar refractivity (Wildman–Crippen MR) is 81.7 cm³/mol. The van der Waals surface area contributed by atoms with E-state index in [-0.39, 0.29) is 23.8 Å². The fourth-order valence-corrected chi connectivity index (χ4v) is 4.96. The summed E-state index contributed by atoms with van der Waals surface area (Å²) in [5, 5.41) is 0. The molecule has 1 aromatic rings. The maximum Gasteiger partial charge on any atom is 0.214 e. The molecule has 122 valence electrons. The van der Waals surface area contributed by atoms with Gasteiger partial charge in [0.15, 0.2) is 0 Å². The number of aromatic nitrogens is 1. The van der Waals surface area contributed by atoms with Crippen LogP contribution in [0.4, 0.5) is 0 Å². The molecule has 22 heavy (non-hydrogen) atoms. The van der Waals surface area contributed by atoms with Crippen LogP contribution in [-0.4, -0.2) is 55.4 Å². The van der Waals surface area contributed by atoms with Crippen LogP contribution < -0.4 is 0 Å². The van der Waals surface area contributed by atoms with Crippen molar-refractivity contribution in [1.29, 1.82) is 0 Å². The minimum Gasteiger partial charge on any atom is -0.379 e. The molecule has 2 aliphatic rings. The first kappa shape index (κ1) is 15.9. The summed E-state index contributed by atoms with van der Waals surface area (Å²) in [6.45, 7) is 3.74. The first-order valence-corrected chi connectivity index (χ1v) is 9.31. The topological polar surface area (TPSA) is 68.7 Å². The molecular weight excluding hydrogens is 304 g/mol. The molecule has 2 saturated heterocycles. The Bertz CT molecular complexity index is 593. The van der Waals surface area contributed by atoms with Gasteiger partial charge in [-0.1, -0.05) is 13.0 Å². The quantitative estimate of drug-likeness (QED) is 0.781. The van der Waals surface area contributed by atoms with Crippen molar-refractivity contribution in [2.24, 2.45) is 5.92 Å². The Morgan fingerprint density at radius 3 is 3.00 bits per heavy atom. The van der Waals surface area contributed by atoms with E-state index in [1.807, 2.05) is 25.1 Å². The van der Waals surface area contributed by atoms with Gasteiger partial charge in [-0.05, 0) is 18.6 Å². The van der Waals surface area contributed by atoms with Gasteiger partial charge in [0.2, 0.25) is 10.0 Å². The average molecular weight is 326 g/mol. The van der Waals surface area contributed by atoms with Crippen LogP contribution in [0.15, 0.2) is 24.4 Å². The van der Waals surface area contributed by atoms with Crippen LogP contribution in [0.3, 0.4) is 0 Å². The Labute approximate surface area is 131 Å². The van der Waals surface area contributed by atoms with E-state index < -0.39 is 10.0 Å². The molecule has 0 N–H and O–H groups in total. The van der Waals surface area contributed by atoms with Crippen LogP contribution in [0, 0.1) is 5.92 Å². The smallest absolute Gasteiger partial charge is 0.214 e. The Morgan fingerprint density at radius 1 is 1.41 bits per heavy atom. The standard InChI is InChI=1S/C15H22N2O4S/c1-2-7-22(18,19)17-8-15(13-10-20-11-14(13)17)21-9-12-5-3-4-6-16-12/h3-6,13-15H,2,7-11H2,1H3/t13-,14+,15-/m1/s1. The second kappa shape index (κ2) is 6.62. The molecule has 2 fully saturated rings. The Kier molecular flexibility index (Phi) is 4.77. The monoisotopic (exact) mass is 326 g/mol. The molecule has 3 rings (SSSR count). The van der Waals surface area contributed by atoms with Gasteiger partial charge in [0.25, 0.3) is 0 Å². The molecule has 0 aromatic carbocycles. The molecule has 2 aliphatic heterocycles. The molecule has 0 amide bonds. The first-order chi connectivity index (χ1) is 10.6. The van der Waals surface area contributed by atoms with Crippen molar-refractivity contribution in [2.45, 2.75) is 32.1 Å². The number of hydrogen-bond acceptors (Lipinski definition) is 5. The van der Waals surface area contributed by atoms with Crippen LogP contribution in [-0.2, 0) is 26.1 Å². The van der Waals surface area contributed by atoms with Crippen molar-refractivity contribution in [3.63, 3.8) is 0 Å². The molecular formula is C15H22N2O4S. The van der Waals surface area contributed by atoms with Crippen molar-refractivity contribution < 1.29 is 17.9 Å². The number of fused-ring (bicyclic) bond motifs is 1. The lowest BCUT2D eigenvalue weighted by atomic mass is 10.0. The van der Waals surface area contributed by atoms with E-state index in [9.17, 15) is 8.42 Å². The van der Waals surface area contributed by atoms with Gasteiger partial charge in [0.1, 0.15) is 0 Å². The third-order valence-electron chi connectivity index (χ3n) is 4.29. The maximum atomic E-state index is 12.4. The average Bonchev–Trinajstić information content (AvgIpc) is 3.08. The van der Waals surface area contributed by atoms with Gasteiger partial charge in [-0.25, -0.2) is 8.42 Å². The fourth-order valence-electron chi connectivity index (χ4n) is 3.21. The van der Waals surface area contributed by atoms with E-state index in [1.165, 1.54) is 0 Å². The summed E-state index contributed by atoms with van der Waals surface area (Å²) in [6.07, 6.45) is 2.23. The summed E-state index contributed by atoms with van der Waals surface area (Å²) in [5.41, 5.74) is 0.854. The van der Waals surface area contributed by atoms with Crippen molar-refractivity contribution in [3.05, 3.63) is 30.1 Å². The fraction of sp³-hybridized carbons (Fsp3) is 0.667. The van der Waals surface area contributed by atoms with Gasteiger partial charge >= 0.3 is 0 Å². The van der Waals surface area contributed by atoms with E-state index in [0.29, 0.717) is 32.8 Å². The predicted octanol–water partition coefficient (Wildman–Crippen LogP) is 1.04. The van der Waals surface area contributed by atoms with Gasteiger partial charge in [-0.3, -0.25) is 4.98 Å². The van der Waals surface area contributed by atoms with Crippen LogP contribution in [0.1, 0.15) is 19.0 Å². The van der Waals surface area contributed by atoms with E-state index in [2.05, 4.69) is 4.98 Å². The van der Waals surface area contributed by atoms with Gasteiger partial charge in [-0.2, -0.15) is 4.31 Å². The van der Waals surface area contributed by atoms with Crippen molar-refractivity contribution in [1.82, 2.24) is 9.29 Å². The molecule has 0 spiro atoms. The highest BCUT2D eigenvalue weighted by Crippen LogP contribution is 2.34. The third kappa shape index (κ3) is 3.17. The Balaban J connectivity index is 1.68. The number of nitrogens with zero attached hydrogens (tertiary/aromatic N) is 2. The highest BCUT2D eigenvalue weighted by atomic mass is 32.2. The molecule has 3 heterocycles. The third-order valence-corrected chi connectivity index (χ3v) is 6.35. The summed E-state index contributed by atoms with van der Waals surface area (Å²) >= 11 is 0. The summed E-state index contributed by atoms with van der Waals surface area (Å²) in [6, 6.07) is 5.60. The summed E-state index contributed by atoms with van der Waals surface area (Å²) in [5.74, 6) is 0.304. The highest BCUT2D eigenvalue weighted by Gasteiger charge is 2.50. The number of pyridine rings is 1. The Hall–Kier alpha value is -1.02. The maximum absolute atomic E-state index is 12.4. The molecule has 0 aliphatic carbocycles. The molecule has 0 radical (unpaired) electrons. The number of hydrogen-bond donors (Lipinski definition) is 0. The second-order valence-electron chi connectivity index (χ2n) is 5.82. The molecule has 3 atom stereocenters. The second-order valence-corrected chi connectivity index (χ2v) is 7.87. The van der Waals surface area contributed by atoms with Crippen LogP contribution in [0.25, 0.3) is 0 Å². The van der Waals surface area contributed by atoms with E-state index >= 15 is 0 Å². The van der Waals surface area contributed by atoms with Crippen LogP contribution >= 0.6 is 0 Å². The largest absolute Gasteiger partial charge is 0.379 e. The van der Waals surface area contributed by atoms with Gasteiger partial charge in [-0.15, -0.1) is 0 Å². The lowest BCUT2D eigenvalue weighted by Crippen LogP contribution is -2.39. The minimum atomic E-state index is -3.22. The zero-order chi connectivity index (χ0) is 15.6. The zero-order valence-electron chi connectivity index (χ0n) is 12.7. The lowest BCUT2D eigenvalue weighted by molar-refractivity contribution is 0.0112. The van der Waals surface area contributed by atoms with E-state index in [1.54, 1.807) is 10.5 Å². The van der Waals surface area contributed by atoms with Crippen LogP contribution in [0.2, 0.25) is 0 Å².